The summed E-state index contributed by atoms with van der Waals surface area (Å²) in [6.45, 7) is 1.44. The molecular weight excluding hydrogens is 423 g/mol. The Kier molecular flexibility index (Phi) is 5.20. The average molecular weight is 442 g/mol. The van der Waals surface area contributed by atoms with Gasteiger partial charge in [0.15, 0.2) is 23.0 Å². The topological polar surface area (TPSA) is 79.1 Å². The number of aromatic hydroxyl groups is 1. The second kappa shape index (κ2) is 7.59. The van der Waals surface area contributed by atoms with E-state index in [9.17, 15) is 27.1 Å². The number of aryl methyl sites for hydroxylation is 1. The number of phenolic OH excluding ortho intramolecular Hbond substituents is 1. The van der Waals surface area contributed by atoms with E-state index in [0.29, 0.717) is 18.1 Å². The van der Waals surface area contributed by atoms with Crippen LogP contribution in [0.3, 0.4) is 0 Å². The van der Waals surface area contributed by atoms with Crippen molar-refractivity contribution in [1.29, 1.82) is 0 Å². The molecule has 12 heteroatoms. The first kappa shape index (κ1) is 21.2. The van der Waals surface area contributed by atoms with E-state index < -0.39 is 34.7 Å². The normalized spacial score (nSPS) is 15.8. The number of anilines is 1. The zero-order valence-corrected chi connectivity index (χ0v) is 16.6. The van der Waals surface area contributed by atoms with E-state index in [1.807, 2.05) is 11.9 Å². The fourth-order valence-corrected chi connectivity index (χ4v) is 3.75. The lowest BCUT2D eigenvalue weighted by molar-refractivity contribution is -0.140. The lowest BCUT2D eigenvalue weighted by Crippen LogP contribution is -2.41. The molecule has 0 aliphatic carbocycles. The van der Waals surface area contributed by atoms with Gasteiger partial charge in [-0.1, -0.05) is 0 Å². The molecule has 0 saturated carbocycles. The van der Waals surface area contributed by atoms with Crippen molar-refractivity contribution in [2.24, 2.45) is 7.05 Å². The summed E-state index contributed by atoms with van der Waals surface area (Å²) in [5, 5.41) is 17.1. The second-order valence-electron chi connectivity index (χ2n) is 7.38. The number of nitrogens with zero attached hydrogens (tertiary/aromatic N) is 5. The van der Waals surface area contributed by atoms with Gasteiger partial charge in [-0.3, -0.25) is 0 Å². The van der Waals surface area contributed by atoms with Crippen LogP contribution in [0.15, 0.2) is 12.3 Å². The molecule has 7 nitrogen and oxygen atoms in total. The van der Waals surface area contributed by atoms with Gasteiger partial charge in [0.05, 0.1) is 10.9 Å². The Morgan fingerprint density at radius 2 is 1.84 bits per heavy atom. The summed E-state index contributed by atoms with van der Waals surface area (Å²) in [6.07, 6.45) is -1.99. The van der Waals surface area contributed by atoms with Crippen LogP contribution in [-0.4, -0.2) is 51.0 Å². The van der Waals surface area contributed by atoms with Crippen molar-refractivity contribution in [2.45, 2.75) is 25.1 Å². The highest BCUT2D eigenvalue weighted by atomic mass is 19.4. The Morgan fingerprint density at radius 3 is 2.45 bits per heavy atom. The van der Waals surface area contributed by atoms with Crippen molar-refractivity contribution in [3.05, 3.63) is 29.5 Å². The molecule has 0 amide bonds. The first-order chi connectivity index (χ1) is 14.6. The van der Waals surface area contributed by atoms with Crippen LogP contribution in [0.5, 0.6) is 5.75 Å². The van der Waals surface area contributed by atoms with Crippen LogP contribution < -0.4 is 10.2 Å². The standard InChI is InChI=1S/C19H19F5N6O/c1-25-9-3-5-30(6-4-9)18-26-8-11-15(28-29(2)17(11)27-18)10-7-12(19(22,23)24)14(21)16(31)13(10)20/h7-9,25,31H,3-6H2,1-2H3. The summed E-state index contributed by atoms with van der Waals surface area (Å²) in [5.74, 6) is -4.90. The number of nitrogens with one attached hydrogen (secondary N) is 1. The molecule has 0 atom stereocenters. The molecule has 0 unspecified atom stereocenters. The van der Waals surface area contributed by atoms with Gasteiger partial charge < -0.3 is 15.3 Å². The van der Waals surface area contributed by atoms with Gasteiger partial charge in [-0.25, -0.2) is 18.4 Å². The lowest BCUT2D eigenvalue weighted by atomic mass is 10.0. The van der Waals surface area contributed by atoms with Gasteiger partial charge >= 0.3 is 6.18 Å². The maximum atomic E-state index is 14.5. The number of benzene rings is 1. The third kappa shape index (κ3) is 3.64. The maximum absolute atomic E-state index is 14.5. The molecule has 166 valence electrons. The van der Waals surface area contributed by atoms with Crippen LogP contribution in [0, 0.1) is 11.6 Å². The number of fused-ring (bicyclic) bond motifs is 1. The minimum Gasteiger partial charge on any atom is -0.503 e. The molecule has 3 heterocycles. The summed E-state index contributed by atoms with van der Waals surface area (Å²) in [5.41, 5.74) is -2.43. The van der Waals surface area contributed by atoms with Crippen molar-refractivity contribution in [3.63, 3.8) is 0 Å². The van der Waals surface area contributed by atoms with Crippen LogP contribution in [0.4, 0.5) is 27.9 Å². The van der Waals surface area contributed by atoms with Gasteiger partial charge in [-0.05, 0) is 26.0 Å². The maximum Gasteiger partial charge on any atom is 0.419 e. The Bertz CT molecular complexity index is 1140. The molecule has 0 bridgehead atoms. The van der Waals surface area contributed by atoms with E-state index in [4.69, 9.17) is 0 Å². The SMILES string of the molecule is CNC1CCN(c2ncc3c(-c4cc(C(F)(F)F)c(F)c(O)c4F)nn(C)c3n2)CC1. The molecule has 2 N–H and O–H groups in total. The molecule has 1 saturated heterocycles. The number of aromatic nitrogens is 4. The molecule has 4 rings (SSSR count). The molecular formula is C19H19F5N6O. The van der Waals surface area contributed by atoms with Crippen molar-refractivity contribution in [1.82, 2.24) is 25.1 Å². The third-order valence-corrected chi connectivity index (χ3v) is 5.49. The summed E-state index contributed by atoms with van der Waals surface area (Å²) in [7, 11) is 3.40. The number of alkyl halides is 3. The van der Waals surface area contributed by atoms with Gasteiger partial charge in [0.2, 0.25) is 5.95 Å². The first-order valence-corrected chi connectivity index (χ1v) is 9.52. The van der Waals surface area contributed by atoms with Crippen LogP contribution in [-0.2, 0) is 13.2 Å². The second-order valence-corrected chi connectivity index (χ2v) is 7.38. The highest BCUT2D eigenvalue weighted by Crippen LogP contribution is 2.41. The summed E-state index contributed by atoms with van der Waals surface area (Å²) >= 11 is 0. The highest BCUT2D eigenvalue weighted by molar-refractivity contribution is 5.91. The Morgan fingerprint density at radius 1 is 1.16 bits per heavy atom. The number of halogens is 5. The molecule has 0 radical (unpaired) electrons. The highest BCUT2D eigenvalue weighted by Gasteiger charge is 2.38. The minimum absolute atomic E-state index is 0.175. The molecule has 1 fully saturated rings. The summed E-state index contributed by atoms with van der Waals surface area (Å²) in [4.78, 5) is 10.7. The Balaban J connectivity index is 1.79. The van der Waals surface area contributed by atoms with Crippen LogP contribution >= 0.6 is 0 Å². The predicted molar refractivity (Wildman–Crippen MR) is 103 cm³/mol. The van der Waals surface area contributed by atoms with Crippen LogP contribution in [0.1, 0.15) is 18.4 Å². The third-order valence-electron chi connectivity index (χ3n) is 5.49. The first-order valence-electron chi connectivity index (χ1n) is 9.52. The number of hydrogen-bond acceptors (Lipinski definition) is 6. The van der Waals surface area contributed by atoms with Gasteiger partial charge in [-0.15, -0.1) is 0 Å². The quantitative estimate of drug-likeness (QED) is 0.607. The van der Waals surface area contributed by atoms with Crippen LogP contribution in [0.25, 0.3) is 22.3 Å². The van der Waals surface area contributed by atoms with E-state index in [1.165, 1.54) is 17.9 Å². The average Bonchev–Trinajstić information content (AvgIpc) is 3.07. The number of phenols is 1. The van der Waals surface area contributed by atoms with Crippen LogP contribution in [0.2, 0.25) is 0 Å². The number of hydrogen-bond donors (Lipinski definition) is 2. The molecule has 1 aromatic carbocycles. The van der Waals surface area contributed by atoms with Gasteiger partial charge in [-0.2, -0.15) is 23.3 Å². The molecule has 2 aromatic heterocycles. The fraction of sp³-hybridized carbons (Fsp3) is 0.421. The smallest absolute Gasteiger partial charge is 0.419 e. The predicted octanol–water partition coefficient (Wildman–Crippen LogP) is 3.22. The van der Waals surface area contributed by atoms with Crippen molar-refractivity contribution >= 4 is 17.0 Å². The largest absolute Gasteiger partial charge is 0.503 e. The molecule has 1 aliphatic heterocycles. The van der Waals surface area contributed by atoms with E-state index in [-0.39, 0.29) is 16.7 Å². The monoisotopic (exact) mass is 442 g/mol. The van der Waals surface area contributed by atoms with Crippen molar-refractivity contribution in [3.8, 4) is 17.0 Å². The minimum atomic E-state index is -5.13. The van der Waals surface area contributed by atoms with Gasteiger partial charge in [0, 0.05) is 37.9 Å². The number of rotatable bonds is 3. The van der Waals surface area contributed by atoms with Crippen molar-refractivity contribution in [2.75, 3.05) is 25.0 Å². The Labute approximate surface area is 173 Å². The molecule has 3 aromatic rings. The lowest BCUT2D eigenvalue weighted by Gasteiger charge is -2.31. The molecule has 31 heavy (non-hydrogen) atoms. The zero-order chi connectivity index (χ0) is 22.5. The summed E-state index contributed by atoms with van der Waals surface area (Å²) < 4.78 is 69.1. The summed E-state index contributed by atoms with van der Waals surface area (Å²) in [6, 6.07) is 0.697. The van der Waals surface area contributed by atoms with E-state index in [2.05, 4.69) is 20.4 Å². The van der Waals surface area contributed by atoms with E-state index >= 15 is 0 Å². The number of piperidine rings is 1. The molecule has 1 aliphatic rings. The molecule has 0 spiro atoms. The Hall–Kier alpha value is -3.02. The fourth-order valence-electron chi connectivity index (χ4n) is 3.75. The van der Waals surface area contributed by atoms with Gasteiger partial charge in [0.25, 0.3) is 0 Å². The van der Waals surface area contributed by atoms with E-state index in [1.54, 1.807) is 0 Å². The van der Waals surface area contributed by atoms with Crippen molar-refractivity contribution < 1.29 is 27.1 Å². The van der Waals surface area contributed by atoms with Gasteiger partial charge in [0.1, 0.15) is 5.69 Å². The van der Waals surface area contributed by atoms with E-state index in [0.717, 1.165) is 25.9 Å². The zero-order valence-electron chi connectivity index (χ0n) is 16.6.